The van der Waals surface area contributed by atoms with E-state index in [4.69, 9.17) is 11.1 Å². The van der Waals surface area contributed by atoms with Crippen molar-refractivity contribution in [3.63, 3.8) is 0 Å². The van der Waals surface area contributed by atoms with Crippen LogP contribution in [0.25, 0.3) is 11.3 Å². The van der Waals surface area contributed by atoms with Crippen molar-refractivity contribution in [2.75, 3.05) is 11.9 Å². The highest BCUT2D eigenvalue weighted by atomic mass is 19.1. The molecule has 104 valence electrons. The first-order valence-corrected chi connectivity index (χ1v) is 6.63. The van der Waals surface area contributed by atoms with Gasteiger partial charge in [0.25, 0.3) is 0 Å². The van der Waals surface area contributed by atoms with E-state index >= 15 is 0 Å². The molecular formula is C14H16FN5. The van der Waals surface area contributed by atoms with Crippen LogP contribution in [0.5, 0.6) is 0 Å². The molecule has 4 N–H and O–H groups in total. The Kier molecular flexibility index (Phi) is 3.14. The number of rotatable bonds is 1. The van der Waals surface area contributed by atoms with E-state index < -0.39 is 0 Å². The number of nitrogens with one attached hydrogen (secondary N) is 2. The molecule has 1 aromatic heterocycles. The number of hydrogen-bond donors (Lipinski definition) is 3. The summed E-state index contributed by atoms with van der Waals surface area (Å²) in [6.45, 7) is 0.842. The zero-order valence-corrected chi connectivity index (χ0v) is 11.0. The Balaban J connectivity index is 2.15. The molecule has 1 aromatic carbocycles. The van der Waals surface area contributed by atoms with Crippen LogP contribution in [0.3, 0.4) is 0 Å². The van der Waals surface area contributed by atoms with Gasteiger partial charge >= 0.3 is 0 Å². The largest absolute Gasteiger partial charge is 0.370 e. The maximum atomic E-state index is 13.0. The summed E-state index contributed by atoms with van der Waals surface area (Å²) in [5.74, 6) is 0.391. The molecule has 0 radical (unpaired) electrons. The summed E-state index contributed by atoms with van der Waals surface area (Å²) in [7, 11) is 0. The van der Waals surface area contributed by atoms with Gasteiger partial charge in [-0.25, -0.2) is 4.39 Å². The molecule has 1 aliphatic heterocycles. The van der Waals surface area contributed by atoms with Crippen molar-refractivity contribution in [2.24, 2.45) is 5.73 Å². The predicted octanol–water partition coefficient (Wildman–Crippen LogP) is 2.18. The molecule has 0 atom stereocenters. The number of hydrogen-bond acceptors (Lipinski definition) is 3. The monoisotopic (exact) mass is 273 g/mol. The van der Waals surface area contributed by atoms with Gasteiger partial charge in [0.15, 0.2) is 0 Å². The van der Waals surface area contributed by atoms with E-state index in [1.54, 1.807) is 12.1 Å². The van der Waals surface area contributed by atoms with Gasteiger partial charge in [-0.05, 0) is 43.5 Å². The first-order valence-electron chi connectivity index (χ1n) is 6.63. The summed E-state index contributed by atoms with van der Waals surface area (Å²) < 4.78 is 14.5. The van der Waals surface area contributed by atoms with Crippen molar-refractivity contribution < 1.29 is 4.39 Å². The number of fused-ring (bicyclic) bond motifs is 1. The SMILES string of the molecule is N=C(N)n1nc(-c2ccc(F)cc2)c2c1NCCCC2. The first-order chi connectivity index (χ1) is 9.66. The smallest absolute Gasteiger partial charge is 0.215 e. The molecule has 5 nitrogen and oxygen atoms in total. The Morgan fingerprint density at radius 3 is 2.75 bits per heavy atom. The number of halogens is 1. The molecule has 0 spiro atoms. The van der Waals surface area contributed by atoms with E-state index in [0.717, 1.165) is 48.4 Å². The lowest BCUT2D eigenvalue weighted by Gasteiger charge is -2.06. The maximum absolute atomic E-state index is 13.0. The highest BCUT2D eigenvalue weighted by Gasteiger charge is 2.21. The molecule has 0 aliphatic carbocycles. The molecule has 0 unspecified atom stereocenters. The van der Waals surface area contributed by atoms with Crippen LogP contribution in [0.15, 0.2) is 24.3 Å². The molecule has 0 amide bonds. The number of nitrogen functional groups attached to an aromatic ring is 1. The molecule has 2 aromatic rings. The lowest BCUT2D eigenvalue weighted by Crippen LogP contribution is -2.24. The minimum absolute atomic E-state index is 0.121. The molecule has 1 aliphatic rings. The van der Waals surface area contributed by atoms with Gasteiger partial charge < -0.3 is 11.1 Å². The van der Waals surface area contributed by atoms with Crippen molar-refractivity contribution in [3.8, 4) is 11.3 Å². The molecule has 0 saturated carbocycles. The first kappa shape index (κ1) is 12.7. The fourth-order valence-corrected chi connectivity index (χ4v) is 2.52. The third kappa shape index (κ3) is 2.13. The molecule has 0 bridgehead atoms. The quantitative estimate of drug-likeness (QED) is 0.550. The predicted molar refractivity (Wildman–Crippen MR) is 76.4 cm³/mol. The second-order valence-corrected chi connectivity index (χ2v) is 4.86. The highest BCUT2D eigenvalue weighted by molar-refractivity contribution is 5.84. The van der Waals surface area contributed by atoms with Gasteiger partial charge in [-0.2, -0.15) is 9.78 Å². The molecule has 0 fully saturated rings. The van der Waals surface area contributed by atoms with Crippen LogP contribution >= 0.6 is 0 Å². The lowest BCUT2D eigenvalue weighted by atomic mass is 10.0. The Bertz CT molecular complexity index is 644. The zero-order chi connectivity index (χ0) is 14.1. The van der Waals surface area contributed by atoms with E-state index in [0.29, 0.717) is 0 Å². The minimum atomic E-state index is -0.274. The van der Waals surface area contributed by atoms with Crippen LogP contribution in [0.1, 0.15) is 18.4 Å². The summed E-state index contributed by atoms with van der Waals surface area (Å²) >= 11 is 0. The standard InChI is InChI=1S/C14H16FN5/c15-10-6-4-9(5-7-10)12-11-3-1-2-8-18-13(11)20(19-12)14(16)17/h4-7,18H,1-3,8H2,(H3,16,17). The van der Waals surface area contributed by atoms with Crippen molar-refractivity contribution in [2.45, 2.75) is 19.3 Å². The van der Waals surface area contributed by atoms with E-state index in [9.17, 15) is 4.39 Å². The molecule has 3 rings (SSSR count). The second kappa shape index (κ2) is 4.96. The van der Waals surface area contributed by atoms with Crippen LogP contribution in [0, 0.1) is 11.2 Å². The minimum Gasteiger partial charge on any atom is -0.370 e. The molecule has 20 heavy (non-hydrogen) atoms. The van der Waals surface area contributed by atoms with Gasteiger partial charge in [0.1, 0.15) is 11.6 Å². The molecule has 6 heteroatoms. The van der Waals surface area contributed by atoms with Crippen molar-refractivity contribution in [1.29, 1.82) is 5.41 Å². The zero-order valence-electron chi connectivity index (χ0n) is 11.0. The molecule has 2 heterocycles. The van der Waals surface area contributed by atoms with Crippen molar-refractivity contribution >= 4 is 11.8 Å². The van der Waals surface area contributed by atoms with Crippen LogP contribution in [-0.2, 0) is 6.42 Å². The number of anilines is 1. The van der Waals surface area contributed by atoms with Gasteiger partial charge in [-0.1, -0.05) is 0 Å². The summed E-state index contributed by atoms with van der Waals surface area (Å²) in [5.41, 5.74) is 8.24. The third-order valence-corrected chi connectivity index (χ3v) is 3.48. The van der Waals surface area contributed by atoms with Gasteiger partial charge in [-0.15, -0.1) is 0 Å². The Hall–Kier alpha value is -2.37. The fraction of sp³-hybridized carbons (Fsp3) is 0.286. The summed E-state index contributed by atoms with van der Waals surface area (Å²) in [4.78, 5) is 0. The Morgan fingerprint density at radius 1 is 1.30 bits per heavy atom. The average Bonchev–Trinajstić information content (AvgIpc) is 2.63. The molecular weight excluding hydrogens is 257 g/mol. The van der Waals surface area contributed by atoms with Crippen LogP contribution in [0.2, 0.25) is 0 Å². The number of aromatic nitrogens is 2. The van der Waals surface area contributed by atoms with E-state index in [1.165, 1.54) is 16.8 Å². The fourth-order valence-electron chi connectivity index (χ4n) is 2.52. The van der Waals surface area contributed by atoms with Crippen LogP contribution in [0.4, 0.5) is 10.2 Å². The summed E-state index contributed by atoms with van der Waals surface area (Å²) in [6, 6.07) is 6.23. The third-order valence-electron chi connectivity index (χ3n) is 3.48. The van der Waals surface area contributed by atoms with E-state index in [2.05, 4.69) is 10.4 Å². The second-order valence-electron chi connectivity index (χ2n) is 4.86. The highest BCUT2D eigenvalue weighted by Crippen LogP contribution is 2.31. The average molecular weight is 273 g/mol. The number of nitrogens with zero attached hydrogens (tertiary/aromatic N) is 2. The summed E-state index contributed by atoms with van der Waals surface area (Å²) in [6.07, 6.45) is 3.00. The van der Waals surface area contributed by atoms with Crippen molar-refractivity contribution in [1.82, 2.24) is 9.78 Å². The van der Waals surface area contributed by atoms with E-state index in [1.807, 2.05) is 0 Å². The van der Waals surface area contributed by atoms with Crippen molar-refractivity contribution in [3.05, 3.63) is 35.6 Å². The number of nitrogens with two attached hydrogens (primary N) is 1. The maximum Gasteiger partial charge on any atom is 0.215 e. The Morgan fingerprint density at radius 2 is 2.05 bits per heavy atom. The van der Waals surface area contributed by atoms with Gasteiger partial charge in [-0.3, -0.25) is 5.41 Å². The van der Waals surface area contributed by atoms with Crippen LogP contribution in [-0.4, -0.2) is 22.3 Å². The van der Waals surface area contributed by atoms with Crippen LogP contribution < -0.4 is 11.1 Å². The van der Waals surface area contributed by atoms with E-state index in [-0.39, 0.29) is 11.8 Å². The topological polar surface area (TPSA) is 79.7 Å². The number of benzene rings is 1. The lowest BCUT2D eigenvalue weighted by molar-refractivity contribution is 0.628. The van der Waals surface area contributed by atoms with Gasteiger partial charge in [0.2, 0.25) is 5.96 Å². The normalized spacial score (nSPS) is 14.2. The van der Waals surface area contributed by atoms with Gasteiger partial charge in [0.05, 0.1) is 5.69 Å². The van der Waals surface area contributed by atoms with Gasteiger partial charge in [0, 0.05) is 17.7 Å². The molecule has 0 saturated heterocycles. The summed E-state index contributed by atoms with van der Waals surface area (Å²) in [5, 5.41) is 15.3. The Labute approximate surface area is 116 Å².